The van der Waals surface area contributed by atoms with Crippen molar-refractivity contribution in [2.75, 3.05) is 19.0 Å². The number of nitrogens with one attached hydrogen (secondary N) is 1. The van der Waals surface area contributed by atoms with E-state index in [1.165, 1.54) is 0 Å². The van der Waals surface area contributed by atoms with Gasteiger partial charge in [-0.05, 0) is 25.7 Å². The van der Waals surface area contributed by atoms with Crippen LogP contribution in [0.25, 0.3) is 0 Å². The van der Waals surface area contributed by atoms with E-state index < -0.39 is 0 Å². The molecule has 4 heteroatoms. The monoisotopic (exact) mass is 237 g/mol. The summed E-state index contributed by atoms with van der Waals surface area (Å²) in [5.74, 6) is 0.956. The van der Waals surface area contributed by atoms with Gasteiger partial charge in [-0.2, -0.15) is 0 Å². The molecule has 1 fully saturated rings. The van der Waals surface area contributed by atoms with Crippen molar-refractivity contribution in [3.8, 4) is 0 Å². The molecule has 1 saturated heterocycles. The zero-order chi connectivity index (χ0) is 12.3. The maximum Gasteiger partial charge on any atom is 0.202 e. The van der Waals surface area contributed by atoms with Gasteiger partial charge in [-0.15, -0.1) is 0 Å². The van der Waals surface area contributed by atoms with Crippen LogP contribution in [0.4, 0.5) is 5.95 Å². The molecule has 0 radical (unpaired) electrons. The molecule has 1 N–H and O–H groups in total. The zero-order valence-electron chi connectivity index (χ0n) is 11.1. The van der Waals surface area contributed by atoms with Gasteiger partial charge in [0.1, 0.15) is 0 Å². The Hall–Kier alpha value is -1.03. The first-order valence-corrected chi connectivity index (χ1v) is 6.59. The highest BCUT2D eigenvalue weighted by Gasteiger charge is 2.35. The van der Waals surface area contributed by atoms with E-state index in [-0.39, 0.29) is 5.60 Å². The van der Waals surface area contributed by atoms with Crippen molar-refractivity contribution in [3.05, 3.63) is 12.4 Å². The highest BCUT2D eigenvalue weighted by molar-refractivity contribution is 5.25. The number of anilines is 1. The number of hydrogen-bond donors (Lipinski definition) is 1. The summed E-state index contributed by atoms with van der Waals surface area (Å²) in [6.45, 7) is 5.30. The maximum atomic E-state index is 6.01. The largest absolute Gasteiger partial charge is 0.375 e. The van der Waals surface area contributed by atoms with Crippen molar-refractivity contribution >= 4 is 5.95 Å². The van der Waals surface area contributed by atoms with Crippen LogP contribution in [0, 0.1) is 0 Å². The number of aromatic nitrogens is 2. The molecule has 0 aromatic carbocycles. The molecule has 17 heavy (non-hydrogen) atoms. The number of hydrogen-bond acceptors (Lipinski definition) is 3. The average Bonchev–Trinajstić information content (AvgIpc) is 2.87. The summed E-state index contributed by atoms with van der Waals surface area (Å²) >= 11 is 0. The second-order valence-electron chi connectivity index (χ2n) is 4.79. The van der Waals surface area contributed by atoms with Gasteiger partial charge in [-0.1, -0.05) is 13.8 Å². The standard InChI is InChI=1S/C13H23N3O/c1-4-13(5-2)10-11(6-9-17-13)16-8-7-15-12(16)14-3/h7-8,11H,4-6,9-10H2,1-3H3,(H,14,15). The predicted octanol–water partition coefficient (Wildman–Crippen LogP) is 2.84. The molecule has 0 saturated carbocycles. The summed E-state index contributed by atoms with van der Waals surface area (Å²) in [5, 5.41) is 3.15. The molecular weight excluding hydrogens is 214 g/mol. The van der Waals surface area contributed by atoms with E-state index in [0.29, 0.717) is 6.04 Å². The lowest BCUT2D eigenvalue weighted by atomic mass is 9.86. The fraction of sp³-hybridized carbons (Fsp3) is 0.769. The van der Waals surface area contributed by atoms with E-state index >= 15 is 0 Å². The van der Waals surface area contributed by atoms with Crippen LogP contribution in [0.2, 0.25) is 0 Å². The molecule has 0 aliphatic carbocycles. The van der Waals surface area contributed by atoms with Crippen molar-refractivity contribution in [1.82, 2.24) is 9.55 Å². The minimum Gasteiger partial charge on any atom is -0.375 e. The van der Waals surface area contributed by atoms with Crippen LogP contribution in [0.1, 0.15) is 45.6 Å². The molecule has 1 unspecified atom stereocenters. The smallest absolute Gasteiger partial charge is 0.202 e. The molecule has 2 rings (SSSR count). The Morgan fingerprint density at radius 1 is 1.53 bits per heavy atom. The van der Waals surface area contributed by atoms with E-state index in [4.69, 9.17) is 4.74 Å². The first kappa shape index (κ1) is 12.4. The van der Waals surface area contributed by atoms with Crippen molar-refractivity contribution in [3.63, 3.8) is 0 Å². The van der Waals surface area contributed by atoms with Gasteiger partial charge in [-0.25, -0.2) is 4.98 Å². The molecule has 2 heterocycles. The van der Waals surface area contributed by atoms with E-state index in [1.54, 1.807) is 0 Å². The minimum atomic E-state index is 0.0677. The van der Waals surface area contributed by atoms with E-state index in [1.807, 2.05) is 13.2 Å². The molecule has 96 valence electrons. The Kier molecular flexibility index (Phi) is 3.72. The molecular formula is C13H23N3O. The van der Waals surface area contributed by atoms with Crippen molar-refractivity contribution in [1.29, 1.82) is 0 Å². The predicted molar refractivity (Wildman–Crippen MR) is 69.3 cm³/mol. The van der Waals surface area contributed by atoms with Crippen LogP contribution in [0.3, 0.4) is 0 Å². The van der Waals surface area contributed by atoms with Gasteiger partial charge in [0.25, 0.3) is 0 Å². The Labute approximate surface area is 103 Å². The van der Waals surface area contributed by atoms with Crippen molar-refractivity contribution < 1.29 is 4.74 Å². The third-order valence-electron chi connectivity index (χ3n) is 4.04. The van der Waals surface area contributed by atoms with Crippen LogP contribution in [0.5, 0.6) is 0 Å². The minimum absolute atomic E-state index is 0.0677. The topological polar surface area (TPSA) is 39.1 Å². The van der Waals surface area contributed by atoms with Gasteiger partial charge in [-0.3, -0.25) is 0 Å². The summed E-state index contributed by atoms with van der Waals surface area (Å²) < 4.78 is 8.26. The first-order valence-electron chi connectivity index (χ1n) is 6.59. The second-order valence-corrected chi connectivity index (χ2v) is 4.79. The maximum absolute atomic E-state index is 6.01. The summed E-state index contributed by atoms with van der Waals surface area (Å²) in [7, 11) is 1.92. The van der Waals surface area contributed by atoms with Gasteiger partial charge >= 0.3 is 0 Å². The Morgan fingerprint density at radius 3 is 2.94 bits per heavy atom. The van der Waals surface area contributed by atoms with Crippen LogP contribution in [-0.2, 0) is 4.74 Å². The Bertz CT molecular complexity index is 357. The van der Waals surface area contributed by atoms with E-state index in [0.717, 1.165) is 38.2 Å². The first-order chi connectivity index (χ1) is 8.24. The number of nitrogens with zero attached hydrogens (tertiary/aromatic N) is 2. The van der Waals surface area contributed by atoms with Crippen molar-refractivity contribution in [2.24, 2.45) is 0 Å². The molecule has 1 atom stereocenters. The molecule has 0 amide bonds. The summed E-state index contributed by atoms with van der Waals surface area (Å²) in [4.78, 5) is 4.32. The van der Waals surface area contributed by atoms with E-state index in [9.17, 15) is 0 Å². The number of rotatable bonds is 4. The fourth-order valence-corrected chi connectivity index (χ4v) is 2.78. The van der Waals surface area contributed by atoms with E-state index in [2.05, 4.69) is 34.9 Å². The number of imidazole rings is 1. The quantitative estimate of drug-likeness (QED) is 0.875. The van der Waals surface area contributed by atoms with Crippen LogP contribution >= 0.6 is 0 Å². The zero-order valence-corrected chi connectivity index (χ0v) is 11.1. The van der Waals surface area contributed by atoms with Crippen LogP contribution in [-0.4, -0.2) is 28.8 Å². The normalized spacial score (nSPS) is 23.6. The third-order valence-corrected chi connectivity index (χ3v) is 4.04. The van der Waals surface area contributed by atoms with Crippen molar-refractivity contribution in [2.45, 2.75) is 51.2 Å². The van der Waals surface area contributed by atoms with Crippen LogP contribution < -0.4 is 5.32 Å². The van der Waals surface area contributed by atoms with Gasteiger partial charge in [0.15, 0.2) is 0 Å². The Balaban J connectivity index is 2.17. The molecule has 4 nitrogen and oxygen atoms in total. The highest BCUT2D eigenvalue weighted by atomic mass is 16.5. The molecule has 1 aromatic heterocycles. The van der Waals surface area contributed by atoms with Gasteiger partial charge in [0.05, 0.1) is 5.60 Å². The Morgan fingerprint density at radius 2 is 2.29 bits per heavy atom. The lowest BCUT2D eigenvalue weighted by Gasteiger charge is -2.40. The van der Waals surface area contributed by atoms with Gasteiger partial charge in [0.2, 0.25) is 5.95 Å². The molecule has 0 spiro atoms. The highest BCUT2D eigenvalue weighted by Crippen LogP contribution is 2.37. The average molecular weight is 237 g/mol. The molecule has 1 aliphatic rings. The molecule has 1 aromatic rings. The van der Waals surface area contributed by atoms with Crippen LogP contribution in [0.15, 0.2) is 12.4 Å². The summed E-state index contributed by atoms with van der Waals surface area (Å²) in [5.41, 5.74) is 0.0677. The van der Waals surface area contributed by atoms with Gasteiger partial charge < -0.3 is 14.6 Å². The van der Waals surface area contributed by atoms with Gasteiger partial charge in [0, 0.05) is 32.1 Å². The third kappa shape index (κ3) is 2.32. The SMILES string of the molecule is CCC1(CC)CC(n2ccnc2NC)CCO1. The molecule has 1 aliphatic heterocycles. The molecule has 0 bridgehead atoms. The fourth-order valence-electron chi connectivity index (χ4n) is 2.78. The summed E-state index contributed by atoms with van der Waals surface area (Å²) in [6, 6.07) is 0.508. The second kappa shape index (κ2) is 5.08. The summed E-state index contributed by atoms with van der Waals surface area (Å²) in [6.07, 6.45) is 8.27. The lowest BCUT2D eigenvalue weighted by Crippen LogP contribution is -2.39. The lowest BCUT2D eigenvalue weighted by molar-refractivity contribution is -0.0984. The number of ether oxygens (including phenoxy) is 1.